The molecule has 0 fully saturated rings. The fourth-order valence-corrected chi connectivity index (χ4v) is 1.02. The maximum Gasteiger partial charge on any atom is 0.171 e. The molecule has 0 aliphatic heterocycles. The molecule has 4 heteroatoms. The number of hydrogen-bond donors (Lipinski definition) is 2. The Hall–Kier alpha value is -0.800. The molecular formula is C8H11ClN2O. The summed E-state index contributed by atoms with van der Waals surface area (Å²) < 4.78 is 0. The largest absolute Gasteiger partial charge is 0.505 e. The first-order valence-corrected chi connectivity index (χ1v) is 4.14. The van der Waals surface area contributed by atoms with E-state index in [1.165, 1.54) is 6.07 Å². The standard InChI is InChI=1S/C8H11ClN2O/c1-2-5(10)6-3-4-7(12)8(9)11-6/h3-5,12H,2,10H2,1H3/t5-/m1/s1. The Balaban J connectivity index is 2.96. The van der Waals surface area contributed by atoms with E-state index >= 15 is 0 Å². The number of nitrogens with two attached hydrogens (primary N) is 1. The first kappa shape index (κ1) is 9.29. The number of aromatic nitrogens is 1. The van der Waals surface area contributed by atoms with E-state index in [4.69, 9.17) is 22.4 Å². The van der Waals surface area contributed by atoms with Gasteiger partial charge in [0.05, 0.1) is 5.69 Å². The Morgan fingerprint density at radius 1 is 1.67 bits per heavy atom. The second-order valence-corrected chi connectivity index (χ2v) is 2.92. The summed E-state index contributed by atoms with van der Waals surface area (Å²) in [6.45, 7) is 1.97. The van der Waals surface area contributed by atoms with Crippen LogP contribution in [0.15, 0.2) is 12.1 Å². The summed E-state index contributed by atoms with van der Waals surface area (Å²) >= 11 is 5.60. The van der Waals surface area contributed by atoms with Crippen LogP contribution in [0.1, 0.15) is 25.1 Å². The number of pyridine rings is 1. The Labute approximate surface area is 76.2 Å². The quantitative estimate of drug-likeness (QED) is 0.693. The van der Waals surface area contributed by atoms with Crippen LogP contribution in [0.5, 0.6) is 5.75 Å². The van der Waals surface area contributed by atoms with Gasteiger partial charge in [-0.05, 0) is 18.6 Å². The van der Waals surface area contributed by atoms with Crippen LogP contribution >= 0.6 is 11.6 Å². The van der Waals surface area contributed by atoms with Crippen LogP contribution < -0.4 is 5.73 Å². The average Bonchev–Trinajstić information content (AvgIpc) is 2.08. The maximum absolute atomic E-state index is 9.06. The minimum atomic E-state index is -0.108. The smallest absolute Gasteiger partial charge is 0.171 e. The zero-order valence-electron chi connectivity index (χ0n) is 6.79. The van der Waals surface area contributed by atoms with Crippen molar-refractivity contribution in [1.29, 1.82) is 0 Å². The van der Waals surface area contributed by atoms with Gasteiger partial charge in [-0.25, -0.2) is 4.98 Å². The highest BCUT2D eigenvalue weighted by Crippen LogP contribution is 2.22. The van der Waals surface area contributed by atoms with Gasteiger partial charge >= 0.3 is 0 Å². The molecule has 0 spiro atoms. The SMILES string of the molecule is CC[C@@H](N)c1ccc(O)c(Cl)n1. The molecule has 1 aromatic heterocycles. The molecule has 0 saturated heterocycles. The maximum atomic E-state index is 9.06. The van der Waals surface area contributed by atoms with Crippen LogP contribution in [0.4, 0.5) is 0 Å². The molecule has 1 atom stereocenters. The summed E-state index contributed by atoms with van der Waals surface area (Å²) in [6, 6.07) is 3.07. The van der Waals surface area contributed by atoms with Gasteiger partial charge in [-0.1, -0.05) is 18.5 Å². The van der Waals surface area contributed by atoms with Crippen LogP contribution in [0.25, 0.3) is 0 Å². The van der Waals surface area contributed by atoms with E-state index in [1.807, 2.05) is 6.92 Å². The van der Waals surface area contributed by atoms with E-state index in [0.717, 1.165) is 6.42 Å². The third-order valence-corrected chi connectivity index (χ3v) is 1.95. The summed E-state index contributed by atoms with van der Waals surface area (Å²) in [4.78, 5) is 3.93. The summed E-state index contributed by atoms with van der Waals surface area (Å²) in [5.74, 6) is -0.0104. The van der Waals surface area contributed by atoms with E-state index in [1.54, 1.807) is 6.07 Å². The summed E-state index contributed by atoms with van der Waals surface area (Å²) in [6.07, 6.45) is 0.800. The highest BCUT2D eigenvalue weighted by atomic mass is 35.5. The second kappa shape index (κ2) is 3.74. The van der Waals surface area contributed by atoms with Gasteiger partial charge in [0.2, 0.25) is 0 Å². The first-order chi connectivity index (χ1) is 5.65. The number of rotatable bonds is 2. The number of hydrogen-bond acceptors (Lipinski definition) is 3. The van der Waals surface area contributed by atoms with Crippen molar-refractivity contribution in [3.05, 3.63) is 23.0 Å². The van der Waals surface area contributed by atoms with Gasteiger partial charge in [0.25, 0.3) is 0 Å². The third-order valence-electron chi connectivity index (χ3n) is 1.67. The van der Waals surface area contributed by atoms with Gasteiger partial charge in [-0.15, -0.1) is 0 Å². The number of halogens is 1. The monoisotopic (exact) mass is 186 g/mol. The molecular weight excluding hydrogens is 176 g/mol. The molecule has 0 aromatic carbocycles. The molecule has 0 radical (unpaired) electrons. The third kappa shape index (κ3) is 1.87. The summed E-state index contributed by atoms with van der Waals surface area (Å²) in [5, 5.41) is 9.17. The van der Waals surface area contributed by atoms with Gasteiger partial charge in [0.1, 0.15) is 0 Å². The lowest BCUT2D eigenvalue weighted by molar-refractivity contribution is 0.471. The minimum absolute atomic E-state index is 0.0104. The second-order valence-electron chi connectivity index (χ2n) is 2.56. The van der Waals surface area contributed by atoms with Gasteiger partial charge in [0, 0.05) is 6.04 Å². The van der Waals surface area contributed by atoms with E-state index in [9.17, 15) is 0 Å². The highest BCUT2D eigenvalue weighted by molar-refractivity contribution is 6.30. The van der Waals surface area contributed by atoms with Crippen molar-refractivity contribution in [3.63, 3.8) is 0 Å². The molecule has 3 N–H and O–H groups in total. The van der Waals surface area contributed by atoms with Gasteiger partial charge in [-0.3, -0.25) is 0 Å². The molecule has 0 saturated carbocycles. The van der Waals surface area contributed by atoms with Gasteiger partial charge in [0.15, 0.2) is 10.9 Å². The molecule has 0 aliphatic rings. The Morgan fingerprint density at radius 2 is 2.33 bits per heavy atom. The predicted molar refractivity (Wildman–Crippen MR) is 48.1 cm³/mol. The molecule has 0 unspecified atom stereocenters. The van der Waals surface area contributed by atoms with E-state index in [0.29, 0.717) is 5.69 Å². The Bertz CT molecular complexity index is 278. The molecule has 0 bridgehead atoms. The molecule has 66 valence electrons. The average molecular weight is 187 g/mol. The molecule has 0 aliphatic carbocycles. The van der Waals surface area contributed by atoms with E-state index in [-0.39, 0.29) is 16.9 Å². The van der Waals surface area contributed by atoms with Crippen LogP contribution in [0, 0.1) is 0 Å². The lowest BCUT2D eigenvalue weighted by atomic mass is 10.1. The van der Waals surface area contributed by atoms with Gasteiger partial charge < -0.3 is 10.8 Å². The topological polar surface area (TPSA) is 59.1 Å². The van der Waals surface area contributed by atoms with Crippen LogP contribution in [-0.2, 0) is 0 Å². The molecule has 12 heavy (non-hydrogen) atoms. The number of nitrogens with zero attached hydrogens (tertiary/aromatic N) is 1. The fourth-order valence-electron chi connectivity index (χ4n) is 0.857. The first-order valence-electron chi connectivity index (χ1n) is 3.76. The molecule has 0 amide bonds. The van der Waals surface area contributed by atoms with Crippen molar-refractivity contribution in [2.24, 2.45) is 5.73 Å². The molecule has 1 heterocycles. The molecule has 3 nitrogen and oxygen atoms in total. The predicted octanol–water partition coefficient (Wildman–Crippen LogP) is 1.85. The highest BCUT2D eigenvalue weighted by Gasteiger charge is 2.07. The van der Waals surface area contributed by atoms with Crippen molar-refractivity contribution in [3.8, 4) is 5.75 Å². The lowest BCUT2D eigenvalue weighted by Crippen LogP contribution is -2.10. The molecule has 1 rings (SSSR count). The fraction of sp³-hybridized carbons (Fsp3) is 0.375. The van der Waals surface area contributed by atoms with Crippen molar-refractivity contribution < 1.29 is 5.11 Å². The van der Waals surface area contributed by atoms with Crippen molar-refractivity contribution in [2.45, 2.75) is 19.4 Å². The van der Waals surface area contributed by atoms with E-state index < -0.39 is 0 Å². The Kier molecular flexibility index (Phi) is 2.89. The van der Waals surface area contributed by atoms with Gasteiger partial charge in [-0.2, -0.15) is 0 Å². The van der Waals surface area contributed by atoms with Crippen LogP contribution in [0.3, 0.4) is 0 Å². The molecule has 1 aromatic rings. The lowest BCUT2D eigenvalue weighted by Gasteiger charge is -2.07. The minimum Gasteiger partial charge on any atom is -0.505 e. The summed E-state index contributed by atoms with van der Waals surface area (Å²) in [5.41, 5.74) is 6.42. The van der Waals surface area contributed by atoms with E-state index in [2.05, 4.69) is 4.98 Å². The number of aromatic hydroxyl groups is 1. The van der Waals surface area contributed by atoms with Crippen LogP contribution in [-0.4, -0.2) is 10.1 Å². The zero-order valence-corrected chi connectivity index (χ0v) is 7.54. The summed E-state index contributed by atoms with van der Waals surface area (Å²) in [7, 11) is 0. The van der Waals surface area contributed by atoms with Crippen molar-refractivity contribution >= 4 is 11.6 Å². The van der Waals surface area contributed by atoms with Crippen molar-refractivity contribution in [1.82, 2.24) is 4.98 Å². The van der Waals surface area contributed by atoms with Crippen molar-refractivity contribution in [2.75, 3.05) is 0 Å². The normalized spacial score (nSPS) is 12.9. The van der Waals surface area contributed by atoms with Crippen LogP contribution in [0.2, 0.25) is 5.15 Å². The zero-order chi connectivity index (χ0) is 9.14. The Morgan fingerprint density at radius 3 is 2.83 bits per heavy atom.